The van der Waals surface area contributed by atoms with Crippen molar-refractivity contribution in [3.63, 3.8) is 0 Å². The van der Waals surface area contributed by atoms with Crippen LogP contribution in [0.15, 0.2) is 29.6 Å². The van der Waals surface area contributed by atoms with Crippen LogP contribution < -0.4 is 5.32 Å². The number of ether oxygens (including phenoxy) is 1. The first-order valence-electron chi connectivity index (χ1n) is 6.76. The molecule has 0 radical (unpaired) electrons. The van der Waals surface area contributed by atoms with Gasteiger partial charge in [0.25, 0.3) is 11.6 Å². The Hall–Kier alpha value is -2.32. The number of carbonyl (C=O) groups excluding carboxylic acids is 1. The molecule has 1 aromatic heterocycles. The van der Waals surface area contributed by atoms with Crippen molar-refractivity contribution in [2.45, 2.75) is 18.9 Å². The number of anilines is 1. The van der Waals surface area contributed by atoms with Crippen molar-refractivity contribution in [2.24, 2.45) is 0 Å². The van der Waals surface area contributed by atoms with Gasteiger partial charge in [-0.2, -0.15) is 0 Å². The number of nitro benzene ring substituents is 1. The van der Waals surface area contributed by atoms with Crippen LogP contribution in [0.3, 0.4) is 0 Å². The van der Waals surface area contributed by atoms with Crippen LogP contribution in [0.1, 0.15) is 12.8 Å². The summed E-state index contributed by atoms with van der Waals surface area (Å²) in [4.78, 5) is 26.4. The summed E-state index contributed by atoms with van der Waals surface area (Å²) in [5, 5.41) is 15.7. The molecule has 0 saturated carbocycles. The van der Waals surface area contributed by atoms with Gasteiger partial charge in [-0.25, -0.2) is 4.98 Å². The molecular weight excluding hydrogens is 306 g/mol. The molecule has 114 valence electrons. The van der Waals surface area contributed by atoms with E-state index in [9.17, 15) is 14.9 Å². The summed E-state index contributed by atoms with van der Waals surface area (Å²) in [6.07, 6.45) is 1.22. The Kier molecular flexibility index (Phi) is 4.12. The number of amides is 1. The number of carbonyl (C=O) groups is 1. The van der Waals surface area contributed by atoms with Gasteiger partial charge >= 0.3 is 0 Å². The minimum atomic E-state index is -0.446. The highest BCUT2D eigenvalue weighted by Crippen LogP contribution is 2.27. The molecule has 7 nitrogen and oxygen atoms in total. The van der Waals surface area contributed by atoms with Crippen molar-refractivity contribution in [2.75, 3.05) is 11.9 Å². The van der Waals surface area contributed by atoms with Gasteiger partial charge in [0.2, 0.25) is 0 Å². The molecule has 1 fully saturated rings. The fraction of sp³-hybridized carbons (Fsp3) is 0.286. The number of nitro groups is 1. The first-order chi connectivity index (χ1) is 10.6. The van der Waals surface area contributed by atoms with Crippen molar-refractivity contribution in [3.05, 3.63) is 39.8 Å². The first-order valence-corrected chi connectivity index (χ1v) is 7.64. The molecule has 1 amide bonds. The van der Waals surface area contributed by atoms with Gasteiger partial charge in [-0.3, -0.25) is 20.2 Å². The first kappa shape index (κ1) is 14.6. The molecule has 0 aliphatic carbocycles. The lowest BCUT2D eigenvalue weighted by molar-refractivity contribution is -0.384. The maximum atomic E-state index is 11.9. The number of thiazole rings is 1. The minimum absolute atomic E-state index is 0.0332. The zero-order chi connectivity index (χ0) is 15.5. The molecule has 1 saturated heterocycles. The van der Waals surface area contributed by atoms with Crippen molar-refractivity contribution in [1.82, 2.24) is 4.98 Å². The highest BCUT2D eigenvalue weighted by Gasteiger charge is 2.24. The van der Waals surface area contributed by atoms with Crippen molar-refractivity contribution in [1.29, 1.82) is 0 Å². The topological polar surface area (TPSA) is 94.4 Å². The van der Waals surface area contributed by atoms with Gasteiger partial charge in [0, 0.05) is 29.7 Å². The second kappa shape index (κ2) is 6.20. The smallest absolute Gasteiger partial charge is 0.269 e. The number of non-ortho nitro benzene ring substituents is 1. The third-order valence-corrected chi connectivity index (χ3v) is 4.09. The van der Waals surface area contributed by atoms with Gasteiger partial charge in [-0.1, -0.05) is 0 Å². The minimum Gasteiger partial charge on any atom is -0.368 e. The molecule has 0 spiro atoms. The van der Waals surface area contributed by atoms with Gasteiger partial charge in [0.15, 0.2) is 5.13 Å². The Morgan fingerprint density at radius 1 is 1.41 bits per heavy atom. The lowest BCUT2D eigenvalue weighted by Crippen LogP contribution is -2.26. The lowest BCUT2D eigenvalue weighted by atomic mass is 10.1. The van der Waals surface area contributed by atoms with Crippen LogP contribution in [-0.2, 0) is 9.53 Å². The quantitative estimate of drug-likeness (QED) is 0.690. The summed E-state index contributed by atoms with van der Waals surface area (Å²) >= 11 is 1.31. The molecule has 22 heavy (non-hydrogen) atoms. The van der Waals surface area contributed by atoms with Crippen molar-refractivity contribution in [3.8, 4) is 11.3 Å². The Morgan fingerprint density at radius 3 is 2.82 bits per heavy atom. The Labute approximate surface area is 130 Å². The van der Waals surface area contributed by atoms with E-state index in [1.54, 1.807) is 17.5 Å². The summed E-state index contributed by atoms with van der Waals surface area (Å²) in [6.45, 7) is 0.615. The van der Waals surface area contributed by atoms with E-state index in [0.717, 1.165) is 18.4 Å². The molecule has 1 N–H and O–H groups in total. The van der Waals surface area contributed by atoms with Gasteiger partial charge in [0.1, 0.15) is 6.10 Å². The fourth-order valence-electron chi connectivity index (χ4n) is 2.19. The van der Waals surface area contributed by atoms with E-state index in [0.29, 0.717) is 17.4 Å². The van der Waals surface area contributed by atoms with E-state index in [1.807, 2.05) is 0 Å². The lowest BCUT2D eigenvalue weighted by Gasteiger charge is -2.07. The summed E-state index contributed by atoms with van der Waals surface area (Å²) in [5.41, 5.74) is 1.47. The summed E-state index contributed by atoms with van der Waals surface area (Å²) in [7, 11) is 0. The molecule has 8 heteroatoms. The van der Waals surface area contributed by atoms with Crippen LogP contribution in [0.2, 0.25) is 0 Å². The molecule has 1 atom stereocenters. The van der Waals surface area contributed by atoms with Crippen LogP contribution in [0, 0.1) is 10.1 Å². The van der Waals surface area contributed by atoms with E-state index < -0.39 is 11.0 Å². The predicted molar refractivity (Wildman–Crippen MR) is 81.8 cm³/mol. The van der Waals surface area contributed by atoms with Crippen LogP contribution in [0.25, 0.3) is 11.3 Å². The van der Waals surface area contributed by atoms with Crippen LogP contribution in [0.4, 0.5) is 10.8 Å². The van der Waals surface area contributed by atoms with Crippen LogP contribution >= 0.6 is 11.3 Å². The Morgan fingerprint density at radius 2 is 2.18 bits per heavy atom. The predicted octanol–water partition coefficient (Wildman–Crippen LogP) is 2.84. The van der Waals surface area contributed by atoms with Crippen molar-refractivity contribution >= 4 is 28.1 Å². The Balaban J connectivity index is 1.70. The monoisotopic (exact) mass is 319 g/mol. The average molecular weight is 319 g/mol. The number of benzene rings is 1. The maximum absolute atomic E-state index is 11.9. The standard InChI is InChI=1S/C14H13N3O4S/c18-13(12-2-1-7-21-12)16-14-15-11(8-22-14)9-3-5-10(6-4-9)17(19)20/h3-6,8,12H,1-2,7H2,(H,15,16,18). The molecule has 2 heterocycles. The number of aromatic nitrogens is 1. The van der Waals surface area contributed by atoms with E-state index >= 15 is 0 Å². The molecule has 3 rings (SSSR count). The van der Waals surface area contributed by atoms with Gasteiger partial charge in [0.05, 0.1) is 10.6 Å². The number of nitrogens with zero attached hydrogens (tertiary/aromatic N) is 2. The zero-order valence-corrected chi connectivity index (χ0v) is 12.3. The van der Waals surface area contributed by atoms with Crippen LogP contribution in [0.5, 0.6) is 0 Å². The van der Waals surface area contributed by atoms with E-state index in [4.69, 9.17) is 4.74 Å². The molecule has 1 aliphatic heterocycles. The SMILES string of the molecule is O=C(Nc1nc(-c2ccc([N+](=O)[O-])cc2)cs1)C1CCCO1. The van der Waals surface area contributed by atoms with Gasteiger partial charge in [-0.05, 0) is 25.0 Å². The molecule has 1 aliphatic rings. The highest BCUT2D eigenvalue weighted by molar-refractivity contribution is 7.14. The van der Waals surface area contributed by atoms with E-state index in [2.05, 4.69) is 10.3 Å². The van der Waals surface area contributed by atoms with Gasteiger partial charge in [-0.15, -0.1) is 11.3 Å². The number of hydrogen-bond donors (Lipinski definition) is 1. The molecule has 0 bridgehead atoms. The highest BCUT2D eigenvalue weighted by atomic mass is 32.1. The Bertz CT molecular complexity index is 692. The molecule has 2 aromatic rings. The zero-order valence-electron chi connectivity index (χ0n) is 11.5. The summed E-state index contributed by atoms with van der Waals surface area (Å²) in [5.74, 6) is -0.179. The second-order valence-electron chi connectivity index (χ2n) is 4.83. The van der Waals surface area contributed by atoms with E-state index in [-0.39, 0.29) is 11.6 Å². The number of nitrogens with one attached hydrogen (secondary N) is 1. The molecule has 1 unspecified atom stereocenters. The van der Waals surface area contributed by atoms with Crippen LogP contribution in [-0.4, -0.2) is 28.5 Å². The molecular formula is C14H13N3O4S. The largest absolute Gasteiger partial charge is 0.368 e. The summed E-state index contributed by atoms with van der Waals surface area (Å²) < 4.78 is 5.31. The second-order valence-corrected chi connectivity index (χ2v) is 5.69. The number of hydrogen-bond acceptors (Lipinski definition) is 6. The normalized spacial score (nSPS) is 17.4. The fourth-order valence-corrected chi connectivity index (χ4v) is 2.91. The summed E-state index contributed by atoms with van der Waals surface area (Å²) in [6, 6.07) is 6.14. The molecule has 1 aromatic carbocycles. The van der Waals surface area contributed by atoms with Gasteiger partial charge < -0.3 is 4.74 Å². The van der Waals surface area contributed by atoms with Crippen molar-refractivity contribution < 1.29 is 14.5 Å². The maximum Gasteiger partial charge on any atom is 0.269 e. The average Bonchev–Trinajstić information content (AvgIpc) is 3.19. The number of rotatable bonds is 4. The third kappa shape index (κ3) is 3.12. The third-order valence-electron chi connectivity index (χ3n) is 3.33. The van der Waals surface area contributed by atoms with E-state index in [1.165, 1.54) is 23.5 Å².